The number of benzene rings is 3. The van der Waals surface area contributed by atoms with Crippen molar-refractivity contribution in [2.24, 2.45) is 4.99 Å². The quantitative estimate of drug-likeness (QED) is 0.233. The normalized spacial score (nSPS) is 15.0. The van der Waals surface area contributed by atoms with Gasteiger partial charge in [-0.2, -0.15) is 0 Å². The number of ether oxygens (including phenoxy) is 3. The van der Waals surface area contributed by atoms with Crippen molar-refractivity contribution in [1.29, 1.82) is 0 Å². The molecular weight excluding hydrogens is 637 g/mol. The van der Waals surface area contributed by atoms with Gasteiger partial charge in [-0.15, -0.1) is 0 Å². The van der Waals surface area contributed by atoms with Crippen LogP contribution in [0.25, 0.3) is 6.08 Å². The number of amides is 1. The summed E-state index contributed by atoms with van der Waals surface area (Å²) in [4.78, 5) is 30.0. The molecule has 0 saturated carbocycles. The van der Waals surface area contributed by atoms with Crippen molar-refractivity contribution in [3.05, 3.63) is 109 Å². The monoisotopic (exact) mass is 659 g/mol. The zero-order valence-electron chi connectivity index (χ0n) is 21.9. The molecule has 11 heteroatoms. The molecule has 0 aliphatic carbocycles. The summed E-state index contributed by atoms with van der Waals surface area (Å²) in [7, 11) is 0. The molecule has 0 radical (unpaired) electrons. The molecule has 0 unspecified atom stereocenters. The minimum Gasteiger partial charge on any atom is -0.506 e. The highest BCUT2D eigenvalue weighted by Gasteiger charge is 2.34. The van der Waals surface area contributed by atoms with Crippen LogP contribution in [0.4, 0.5) is 4.39 Å². The summed E-state index contributed by atoms with van der Waals surface area (Å²) in [6.07, 6.45) is 1.62. The summed E-state index contributed by atoms with van der Waals surface area (Å²) in [5.74, 6) is -1.32. The maximum absolute atomic E-state index is 13.3. The van der Waals surface area contributed by atoms with Gasteiger partial charge in [-0.3, -0.25) is 4.79 Å². The molecule has 1 aliphatic heterocycles. The van der Waals surface area contributed by atoms with Gasteiger partial charge in [0.05, 0.1) is 33.2 Å². The SMILES string of the molecule is CCOC(=O)C1=C(O)/C(=C/c2cc(Br)c(OCc3ccc(F)cc3)c(OCC)c2)SC1=NC(=O)c1ccccc1Cl. The lowest BCUT2D eigenvalue weighted by Gasteiger charge is -2.15. The molecule has 1 amide bonds. The second-order valence-corrected chi connectivity index (χ2v) is 10.7. The summed E-state index contributed by atoms with van der Waals surface area (Å²) >= 11 is 10.6. The van der Waals surface area contributed by atoms with Gasteiger partial charge >= 0.3 is 5.97 Å². The first-order chi connectivity index (χ1) is 19.7. The van der Waals surface area contributed by atoms with E-state index < -0.39 is 11.9 Å². The number of aliphatic hydroxyl groups is 1. The van der Waals surface area contributed by atoms with Crippen LogP contribution in [0.15, 0.2) is 86.4 Å². The number of halogens is 3. The number of aliphatic imine (C=N–C) groups is 1. The third kappa shape index (κ3) is 7.38. The van der Waals surface area contributed by atoms with Crippen molar-refractivity contribution < 1.29 is 33.3 Å². The number of rotatable bonds is 9. The zero-order chi connectivity index (χ0) is 29.5. The number of aliphatic hydroxyl groups excluding tert-OH is 1. The predicted octanol–water partition coefficient (Wildman–Crippen LogP) is 7.92. The Morgan fingerprint density at radius 1 is 1.07 bits per heavy atom. The molecule has 7 nitrogen and oxygen atoms in total. The lowest BCUT2D eigenvalue weighted by Crippen LogP contribution is -2.14. The maximum atomic E-state index is 13.3. The topological polar surface area (TPSA) is 94.4 Å². The summed E-state index contributed by atoms with van der Waals surface area (Å²) in [6.45, 7) is 4.06. The third-order valence-corrected chi connectivity index (χ3v) is 7.54. The Bertz CT molecular complexity index is 1570. The van der Waals surface area contributed by atoms with Gasteiger partial charge in [-0.1, -0.05) is 47.6 Å². The average Bonchev–Trinajstić information content (AvgIpc) is 3.23. The van der Waals surface area contributed by atoms with Gasteiger partial charge in [-0.05, 0) is 83.4 Å². The molecule has 3 aromatic carbocycles. The second-order valence-electron chi connectivity index (χ2n) is 8.43. The van der Waals surface area contributed by atoms with Crippen LogP contribution >= 0.6 is 39.3 Å². The molecule has 0 saturated heterocycles. The Morgan fingerprint density at radius 2 is 1.80 bits per heavy atom. The predicted molar refractivity (Wildman–Crippen MR) is 161 cm³/mol. The van der Waals surface area contributed by atoms with Crippen molar-refractivity contribution in [3.63, 3.8) is 0 Å². The van der Waals surface area contributed by atoms with Crippen LogP contribution in [0, 0.1) is 5.82 Å². The van der Waals surface area contributed by atoms with Gasteiger partial charge in [0.2, 0.25) is 0 Å². The molecule has 0 aromatic heterocycles. The molecule has 41 heavy (non-hydrogen) atoms. The van der Waals surface area contributed by atoms with E-state index in [-0.39, 0.29) is 50.9 Å². The molecule has 3 aromatic rings. The maximum Gasteiger partial charge on any atom is 0.344 e. The van der Waals surface area contributed by atoms with Crippen LogP contribution in [0.3, 0.4) is 0 Å². The van der Waals surface area contributed by atoms with Crippen molar-refractivity contribution in [1.82, 2.24) is 0 Å². The van der Waals surface area contributed by atoms with E-state index in [1.807, 2.05) is 6.92 Å². The highest BCUT2D eigenvalue weighted by molar-refractivity contribution is 9.10. The van der Waals surface area contributed by atoms with Crippen LogP contribution < -0.4 is 9.47 Å². The lowest BCUT2D eigenvalue weighted by molar-refractivity contribution is -0.138. The summed E-state index contributed by atoms with van der Waals surface area (Å²) in [5.41, 5.74) is 1.31. The molecule has 0 fully saturated rings. The van der Waals surface area contributed by atoms with Crippen molar-refractivity contribution >= 4 is 62.3 Å². The number of esters is 1. The number of thioether (sulfide) groups is 1. The Kier molecular flexibility index (Phi) is 10.3. The fraction of sp³-hybridized carbons (Fsp3) is 0.167. The molecule has 0 spiro atoms. The van der Waals surface area contributed by atoms with Crippen molar-refractivity contribution in [2.45, 2.75) is 20.5 Å². The van der Waals surface area contributed by atoms with Gasteiger partial charge in [0.1, 0.15) is 28.8 Å². The van der Waals surface area contributed by atoms with E-state index in [0.717, 1.165) is 17.3 Å². The molecule has 0 bridgehead atoms. The highest BCUT2D eigenvalue weighted by Crippen LogP contribution is 2.42. The van der Waals surface area contributed by atoms with Crippen molar-refractivity contribution in [3.8, 4) is 11.5 Å². The van der Waals surface area contributed by atoms with E-state index >= 15 is 0 Å². The minimum absolute atomic E-state index is 0.0135. The molecule has 1 heterocycles. The van der Waals surface area contributed by atoms with E-state index in [2.05, 4.69) is 20.9 Å². The van der Waals surface area contributed by atoms with Gasteiger partial charge in [0, 0.05) is 0 Å². The molecule has 212 valence electrons. The van der Waals surface area contributed by atoms with E-state index in [0.29, 0.717) is 28.1 Å². The van der Waals surface area contributed by atoms with E-state index in [9.17, 15) is 19.1 Å². The van der Waals surface area contributed by atoms with Crippen LogP contribution in [-0.2, 0) is 16.1 Å². The first-order valence-corrected chi connectivity index (χ1v) is 14.4. The van der Waals surface area contributed by atoms with Crippen LogP contribution in [0.1, 0.15) is 35.3 Å². The molecule has 4 rings (SSSR count). The lowest BCUT2D eigenvalue weighted by atomic mass is 10.1. The standard InChI is InChI=1S/C30H24BrClFNO6S/c1-3-38-23-14-18(13-21(31)27(23)40-16-17-9-11-19(33)12-10-17)15-24-26(35)25(30(37)39-4-2)29(41-24)34-28(36)20-7-5-6-8-22(20)32/h5-15,35H,3-4,16H2,1-2H3/b24-15-,34-29?. The fourth-order valence-corrected chi connectivity index (χ4v) is 5.54. The van der Waals surface area contributed by atoms with Crippen LogP contribution in [0.2, 0.25) is 5.02 Å². The highest BCUT2D eigenvalue weighted by atomic mass is 79.9. The first-order valence-electron chi connectivity index (χ1n) is 12.4. The number of carbonyl (C=O) groups is 2. The molecule has 1 aliphatic rings. The van der Waals surface area contributed by atoms with Crippen LogP contribution in [0.5, 0.6) is 11.5 Å². The first kappa shape index (κ1) is 30.4. The minimum atomic E-state index is -0.813. The zero-order valence-corrected chi connectivity index (χ0v) is 25.1. The molecular formula is C30H24BrClFNO6S. The fourth-order valence-electron chi connectivity index (χ4n) is 3.74. The Balaban J connectivity index is 1.68. The summed E-state index contributed by atoms with van der Waals surface area (Å²) in [5, 5.41) is 11.2. The van der Waals surface area contributed by atoms with E-state index in [4.69, 9.17) is 25.8 Å². The van der Waals surface area contributed by atoms with E-state index in [1.165, 1.54) is 18.2 Å². The average molecular weight is 661 g/mol. The van der Waals surface area contributed by atoms with Gasteiger partial charge in [0.25, 0.3) is 5.91 Å². The Morgan fingerprint density at radius 3 is 2.49 bits per heavy atom. The number of nitrogens with zero attached hydrogens (tertiary/aromatic N) is 1. The van der Waals surface area contributed by atoms with Crippen LogP contribution in [-0.4, -0.2) is 35.2 Å². The van der Waals surface area contributed by atoms with Gasteiger partial charge in [0.15, 0.2) is 11.5 Å². The number of carbonyl (C=O) groups excluding carboxylic acids is 2. The molecule has 0 atom stereocenters. The Labute approximate surface area is 253 Å². The Hall–Kier alpha value is -3.60. The van der Waals surface area contributed by atoms with Gasteiger partial charge in [-0.25, -0.2) is 14.2 Å². The second kappa shape index (κ2) is 13.8. The smallest absolute Gasteiger partial charge is 0.344 e. The third-order valence-electron chi connectivity index (χ3n) is 5.60. The summed E-state index contributed by atoms with van der Waals surface area (Å²) in [6, 6.07) is 15.8. The summed E-state index contributed by atoms with van der Waals surface area (Å²) < 4.78 is 30.7. The number of hydrogen-bond donors (Lipinski definition) is 1. The molecule has 1 N–H and O–H groups in total. The number of hydrogen-bond acceptors (Lipinski definition) is 7. The van der Waals surface area contributed by atoms with Crippen molar-refractivity contribution in [2.75, 3.05) is 13.2 Å². The largest absolute Gasteiger partial charge is 0.506 e. The van der Waals surface area contributed by atoms with E-state index in [1.54, 1.807) is 55.5 Å². The van der Waals surface area contributed by atoms with Gasteiger partial charge < -0.3 is 19.3 Å².